The second-order valence-electron chi connectivity index (χ2n) is 6.58. The number of rotatable bonds is 5. The smallest absolute Gasteiger partial charge is 0.352 e. The molecule has 1 fully saturated rings. The van der Waals surface area contributed by atoms with E-state index >= 15 is 0 Å². The van der Waals surface area contributed by atoms with E-state index in [0.717, 1.165) is 37.3 Å². The van der Waals surface area contributed by atoms with Crippen molar-refractivity contribution in [2.45, 2.75) is 64.7 Å². The van der Waals surface area contributed by atoms with Crippen LogP contribution < -0.4 is 5.32 Å². The van der Waals surface area contributed by atoms with Crippen molar-refractivity contribution < 1.29 is 18.0 Å². The molecule has 0 spiro atoms. The topological polar surface area (TPSA) is 45.2 Å². The Morgan fingerprint density at radius 2 is 2.17 bits per heavy atom. The molecule has 136 valence electrons. The molecule has 1 unspecified atom stereocenters. The lowest BCUT2D eigenvalue weighted by molar-refractivity contribution is -0.127. The van der Waals surface area contributed by atoms with Gasteiger partial charge in [-0.1, -0.05) is 0 Å². The van der Waals surface area contributed by atoms with E-state index in [-0.39, 0.29) is 23.4 Å². The summed E-state index contributed by atoms with van der Waals surface area (Å²) in [7, 11) is 0. The highest BCUT2D eigenvalue weighted by Gasteiger charge is 2.30. The largest absolute Gasteiger partial charge is 0.395 e. The summed E-state index contributed by atoms with van der Waals surface area (Å²) in [6.45, 7) is 7.78. The van der Waals surface area contributed by atoms with Crippen LogP contribution in [0.15, 0.2) is 0 Å². The Morgan fingerprint density at radius 3 is 2.79 bits per heavy atom. The lowest BCUT2D eigenvalue weighted by Crippen LogP contribution is -2.50. The fraction of sp³-hybridized carbons (Fsp3) is 0.750. The summed E-state index contributed by atoms with van der Waals surface area (Å²) in [5.74, 6) is -0.143. The lowest BCUT2D eigenvalue weighted by Gasteiger charge is -2.35. The number of carbonyl (C=O) groups is 1. The predicted octanol–water partition coefficient (Wildman–Crippen LogP) is 3.09. The zero-order valence-corrected chi connectivity index (χ0v) is 15.1. The number of hydrogen-bond acceptors (Lipinski definition) is 4. The predicted molar refractivity (Wildman–Crippen MR) is 88.2 cm³/mol. The van der Waals surface area contributed by atoms with Crippen LogP contribution in [0.2, 0.25) is 0 Å². The van der Waals surface area contributed by atoms with Crippen LogP contribution in [0.1, 0.15) is 42.3 Å². The number of halogens is 3. The van der Waals surface area contributed by atoms with Crippen LogP contribution in [0.25, 0.3) is 0 Å². The number of aromatic nitrogens is 1. The zero-order valence-electron chi connectivity index (χ0n) is 14.2. The Morgan fingerprint density at radius 1 is 1.46 bits per heavy atom. The minimum Gasteiger partial charge on any atom is -0.352 e. The van der Waals surface area contributed by atoms with E-state index in [4.69, 9.17) is 0 Å². The van der Waals surface area contributed by atoms with E-state index in [0.29, 0.717) is 16.6 Å². The Balaban J connectivity index is 1.90. The van der Waals surface area contributed by atoms with Crippen molar-refractivity contribution in [2.75, 3.05) is 13.1 Å². The SMILES string of the molecule is Cc1nc(CC(F)(F)F)sc1CC(=O)NC1CCCN(C(C)C)C1. The number of nitrogens with zero attached hydrogens (tertiary/aromatic N) is 2. The standard InChI is InChI=1S/C16H24F3N3OS/c1-10(2)22-6-4-5-12(9-22)21-14(23)7-13-11(3)20-15(24-13)8-16(17,18)19/h10,12H,4-9H2,1-3H3,(H,21,23). The molecule has 0 radical (unpaired) electrons. The summed E-state index contributed by atoms with van der Waals surface area (Å²) in [6.07, 6.45) is -3.23. The molecule has 24 heavy (non-hydrogen) atoms. The molecule has 8 heteroatoms. The van der Waals surface area contributed by atoms with Crippen LogP contribution in [0.5, 0.6) is 0 Å². The molecule has 1 aromatic heterocycles. The average molecular weight is 363 g/mol. The first-order valence-electron chi connectivity index (χ1n) is 8.19. The number of alkyl halides is 3. The van der Waals surface area contributed by atoms with Gasteiger partial charge in [-0.15, -0.1) is 11.3 Å². The quantitative estimate of drug-likeness (QED) is 0.874. The second kappa shape index (κ2) is 7.82. The van der Waals surface area contributed by atoms with Gasteiger partial charge in [-0.05, 0) is 40.2 Å². The maximum absolute atomic E-state index is 12.4. The number of piperidine rings is 1. The fourth-order valence-corrected chi connectivity index (χ4v) is 4.02. The number of carbonyl (C=O) groups excluding carboxylic acids is 1. The van der Waals surface area contributed by atoms with Gasteiger partial charge in [0, 0.05) is 23.5 Å². The van der Waals surface area contributed by atoms with Crippen molar-refractivity contribution >= 4 is 17.2 Å². The molecule has 0 saturated carbocycles. The van der Waals surface area contributed by atoms with Gasteiger partial charge in [0.15, 0.2) is 0 Å². The number of amides is 1. The number of likely N-dealkylation sites (tertiary alicyclic amines) is 1. The maximum Gasteiger partial charge on any atom is 0.395 e. The molecular formula is C16H24F3N3OS. The molecule has 1 saturated heterocycles. The molecule has 1 atom stereocenters. The Kier molecular flexibility index (Phi) is 6.25. The van der Waals surface area contributed by atoms with Crippen LogP contribution >= 0.6 is 11.3 Å². The molecule has 1 aromatic rings. The van der Waals surface area contributed by atoms with E-state index < -0.39 is 12.6 Å². The van der Waals surface area contributed by atoms with Crippen molar-refractivity contribution in [3.05, 3.63) is 15.6 Å². The molecule has 1 aliphatic rings. The number of aryl methyl sites for hydroxylation is 1. The van der Waals surface area contributed by atoms with Crippen molar-refractivity contribution in [1.29, 1.82) is 0 Å². The molecule has 1 aliphatic heterocycles. The minimum absolute atomic E-state index is 0.0199. The molecular weight excluding hydrogens is 339 g/mol. The fourth-order valence-electron chi connectivity index (χ4n) is 2.92. The Bertz CT molecular complexity index is 571. The minimum atomic E-state index is -4.27. The third kappa shape index (κ3) is 5.73. The van der Waals surface area contributed by atoms with E-state index in [9.17, 15) is 18.0 Å². The molecule has 0 aliphatic carbocycles. The van der Waals surface area contributed by atoms with Crippen LogP contribution in [-0.4, -0.2) is 47.1 Å². The summed E-state index contributed by atoms with van der Waals surface area (Å²) >= 11 is 0.980. The van der Waals surface area contributed by atoms with Crippen molar-refractivity contribution in [2.24, 2.45) is 0 Å². The third-order valence-electron chi connectivity index (χ3n) is 4.16. The monoisotopic (exact) mass is 363 g/mol. The third-order valence-corrected chi connectivity index (χ3v) is 5.32. The van der Waals surface area contributed by atoms with Gasteiger partial charge in [0.2, 0.25) is 5.91 Å². The molecule has 1 amide bonds. The first kappa shape index (κ1) is 19.2. The van der Waals surface area contributed by atoms with Gasteiger partial charge in [0.1, 0.15) is 5.01 Å². The maximum atomic E-state index is 12.4. The highest BCUT2D eigenvalue weighted by atomic mass is 32.1. The van der Waals surface area contributed by atoms with Gasteiger partial charge >= 0.3 is 6.18 Å². The first-order valence-corrected chi connectivity index (χ1v) is 9.01. The number of thiazole rings is 1. The highest BCUT2D eigenvalue weighted by Crippen LogP contribution is 2.26. The van der Waals surface area contributed by atoms with Gasteiger partial charge in [-0.2, -0.15) is 13.2 Å². The molecule has 0 aromatic carbocycles. The Hall–Kier alpha value is -1.15. The van der Waals surface area contributed by atoms with Crippen molar-refractivity contribution in [3.63, 3.8) is 0 Å². The van der Waals surface area contributed by atoms with Gasteiger partial charge in [-0.25, -0.2) is 4.98 Å². The van der Waals surface area contributed by atoms with E-state index in [1.807, 2.05) is 0 Å². The van der Waals surface area contributed by atoms with Crippen molar-refractivity contribution in [3.8, 4) is 0 Å². The number of hydrogen-bond donors (Lipinski definition) is 1. The molecule has 4 nitrogen and oxygen atoms in total. The summed E-state index contributed by atoms with van der Waals surface area (Å²) in [5.41, 5.74) is 0.516. The van der Waals surface area contributed by atoms with Crippen LogP contribution in [0, 0.1) is 6.92 Å². The molecule has 2 rings (SSSR count). The zero-order chi connectivity index (χ0) is 17.9. The summed E-state index contributed by atoms with van der Waals surface area (Å²) in [6, 6.07) is 0.551. The van der Waals surface area contributed by atoms with Crippen LogP contribution in [0.3, 0.4) is 0 Å². The van der Waals surface area contributed by atoms with Crippen LogP contribution in [0.4, 0.5) is 13.2 Å². The van der Waals surface area contributed by atoms with E-state index in [1.54, 1.807) is 6.92 Å². The lowest BCUT2D eigenvalue weighted by atomic mass is 10.0. The van der Waals surface area contributed by atoms with Gasteiger partial charge in [-0.3, -0.25) is 9.69 Å². The first-order chi connectivity index (χ1) is 11.1. The van der Waals surface area contributed by atoms with Gasteiger partial charge in [0.25, 0.3) is 0 Å². The highest BCUT2D eigenvalue weighted by molar-refractivity contribution is 7.11. The second-order valence-corrected chi connectivity index (χ2v) is 7.75. The Labute approximate surface area is 144 Å². The summed E-state index contributed by atoms with van der Waals surface area (Å²) in [5, 5.41) is 3.03. The summed E-state index contributed by atoms with van der Waals surface area (Å²) < 4.78 is 37.3. The van der Waals surface area contributed by atoms with Crippen molar-refractivity contribution in [1.82, 2.24) is 15.2 Å². The average Bonchev–Trinajstić information content (AvgIpc) is 2.76. The number of nitrogens with one attached hydrogen (secondary N) is 1. The summed E-state index contributed by atoms with van der Waals surface area (Å²) in [4.78, 5) is 19.1. The van der Waals surface area contributed by atoms with Gasteiger partial charge < -0.3 is 5.32 Å². The van der Waals surface area contributed by atoms with Gasteiger partial charge in [0.05, 0.1) is 18.5 Å². The van der Waals surface area contributed by atoms with E-state index in [2.05, 4.69) is 29.0 Å². The van der Waals surface area contributed by atoms with Crippen LogP contribution in [-0.2, 0) is 17.6 Å². The van der Waals surface area contributed by atoms with E-state index in [1.165, 1.54) is 0 Å². The molecule has 0 bridgehead atoms. The molecule has 1 N–H and O–H groups in total. The normalized spacial score (nSPS) is 19.7. The molecule has 2 heterocycles.